The van der Waals surface area contributed by atoms with E-state index in [1.807, 2.05) is 6.07 Å². The molecule has 0 amide bonds. The zero-order valence-corrected chi connectivity index (χ0v) is 18.4. The lowest BCUT2D eigenvalue weighted by Gasteiger charge is -2.28. The van der Waals surface area contributed by atoms with Crippen LogP contribution < -0.4 is 10.3 Å². The van der Waals surface area contributed by atoms with Crippen molar-refractivity contribution in [1.82, 2.24) is 24.7 Å². The summed E-state index contributed by atoms with van der Waals surface area (Å²) in [6, 6.07) is 7.67. The van der Waals surface area contributed by atoms with Crippen LogP contribution in [0.25, 0.3) is 22.2 Å². The standard InChI is InChI=1S/C24H22F3N5O2/c1-34-23-18(3-2-10-28-23)17-5-4-15(25)11-14(17)12-20-30-21-19(22(33)31-20)13-29-32(21)16-6-8-24(26,27)9-7-16/h2-5,10-11,13,16H,6-9,12H2,1H3,(H,30,31,33). The molecule has 1 aromatic carbocycles. The number of nitrogens with one attached hydrogen (secondary N) is 1. The number of benzene rings is 1. The molecule has 5 rings (SSSR count). The Morgan fingerprint density at radius 1 is 1.21 bits per heavy atom. The molecule has 4 aromatic rings. The predicted octanol–water partition coefficient (Wildman–Crippen LogP) is 4.67. The fourth-order valence-corrected chi connectivity index (χ4v) is 4.51. The largest absolute Gasteiger partial charge is 0.481 e. The summed E-state index contributed by atoms with van der Waals surface area (Å²) in [5.74, 6) is -2.40. The predicted molar refractivity (Wildman–Crippen MR) is 120 cm³/mol. The van der Waals surface area contributed by atoms with Crippen LogP contribution in [0.15, 0.2) is 47.5 Å². The van der Waals surface area contributed by atoms with E-state index in [9.17, 15) is 18.0 Å². The van der Waals surface area contributed by atoms with Gasteiger partial charge >= 0.3 is 0 Å². The Bertz CT molecular complexity index is 1410. The average Bonchev–Trinajstić information content (AvgIpc) is 3.24. The van der Waals surface area contributed by atoms with Crippen LogP contribution in [0.4, 0.5) is 13.2 Å². The van der Waals surface area contributed by atoms with E-state index < -0.39 is 11.7 Å². The average molecular weight is 469 g/mol. The molecule has 1 saturated carbocycles. The van der Waals surface area contributed by atoms with E-state index in [-0.39, 0.29) is 49.1 Å². The zero-order chi connectivity index (χ0) is 23.9. The number of nitrogens with zero attached hydrogens (tertiary/aromatic N) is 4. The summed E-state index contributed by atoms with van der Waals surface area (Å²) >= 11 is 0. The van der Waals surface area contributed by atoms with Crippen molar-refractivity contribution in [3.63, 3.8) is 0 Å². The van der Waals surface area contributed by atoms with Crippen LogP contribution in [0.3, 0.4) is 0 Å². The molecule has 0 radical (unpaired) electrons. The Kier molecular flexibility index (Phi) is 5.59. The molecule has 0 bridgehead atoms. The molecule has 1 N–H and O–H groups in total. The lowest BCUT2D eigenvalue weighted by atomic mass is 9.92. The summed E-state index contributed by atoms with van der Waals surface area (Å²) in [6.07, 6.45) is 3.19. The highest BCUT2D eigenvalue weighted by Crippen LogP contribution is 2.39. The third-order valence-corrected chi connectivity index (χ3v) is 6.22. The first-order chi connectivity index (χ1) is 16.3. The number of alkyl halides is 2. The first kappa shape index (κ1) is 22.1. The number of halogens is 3. The number of methoxy groups -OCH3 is 1. The summed E-state index contributed by atoms with van der Waals surface area (Å²) < 4.78 is 48.4. The maximum atomic E-state index is 14.2. The van der Waals surface area contributed by atoms with Gasteiger partial charge in [-0.1, -0.05) is 6.07 Å². The first-order valence-corrected chi connectivity index (χ1v) is 11.0. The minimum Gasteiger partial charge on any atom is -0.481 e. The summed E-state index contributed by atoms with van der Waals surface area (Å²) in [4.78, 5) is 24.3. The van der Waals surface area contributed by atoms with E-state index in [1.165, 1.54) is 25.4 Å². The molecule has 7 nitrogen and oxygen atoms in total. The van der Waals surface area contributed by atoms with Gasteiger partial charge in [0.05, 0.1) is 19.3 Å². The van der Waals surface area contributed by atoms with Crippen LogP contribution in [0.1, 0.15) is 43.1 Å². The zero-order valence-electron chi connectivity index (χ0n) is 18.4. The molecule has 3 heterocycles. The van der Waals surface area contributed by atoms with Crippen LogP contribution in [-0.2, 0) is 6.42 Å². The summed E-state index contributed by atoms with van der Waals surface area (Å²) in [6.45, 7) is 0. The number of aromatic nitrogens is 5. The Morgan fingerprint density at radius 2 is 2.00 bits per heavy atom. The highest BCUT2D eigenvalue weighted by molar-refractivity contribution is 5.74. The van der Waals surface area contributed by atoms with E-state index in [0.717, 1.165) is 0 Å². The second-order valence-corrected chi connectivity index (χ2v) is 8.46. The van der Waals surface area contributed by atoms with Crippen LogP contribution in [0, 0.1) is 5.82 Å². The van der Waals surface area contributed by atoms with Crippen LogP contribution >= 0.6 is 0 Å². The molecule has 1 aliphatic carbocycles. The Balaban J connectivity index is 1.54. The minimum absolute atomic E-state index is 0.129. The highest BCUT2D eigenvalue weighted by atomic mass is 19.3. The van der Waals surface area contributed by atoms with Gasteiger partial charge in [0.25, 0.3) is 5.56 Å². The monoisotopic (exact) mass is 469 g/mol. The van der Waals surface area contributed by atoms with Gasteiger partial charge in [0, 0.05) is 31.0 Å². The van der Waals surface area contributed by atoms with E-state index in [0.29, 0.717) is 34.0 Å². The quantitative estimate of drug-likeness (QED) is 0.459. The highest BCUT2D eigenvalue weighted by Gasteiger charge is 2.36. The molecule has 3 aromatic heterocycles. The summed E-state index contributed by atoms with van der Waals surface area (Å²) in [7, 11) is 1.50. The van der Waals surface area contributed by atoms with E-state index in [4.69, 9.17) is 4.74 Å². The number of rotatable bonds is 5. The van der Waals surface area contributed by atoms with Crippen LogP contribution in [0.5, 0.6) is 5.88 Å². The maximum Gasteiger partial charge on any atom is 0.262 e. The van der Waals surface area contributed by atoms with Crippen molar-refractivity contribution in [3.8, 4) is 17.0 Å². The van der Waals surface area contributed by atoms with Crippen LogP contribution in [-0.4, -0.2) is 37.8 Å². The van der Waals surface area contributed by atoms with Crippen molar-refractivity contribution in [1.29, 1.82) is 0 Å². The molecule has 10 heteroatoms. The number of H-pyrrole nitrogens is 1. The van der Waals surface area contributed by atoms with Gasteiger partial charge in [0.15, 0.2) is 5.65 Å². The molecule has 0 spiro atoms. The van der Waals surface area contributed by atoms with E-state index in [2.05, 4.69) is 20.1 Å². The van der Waals surface area contributed by atoms with Gasteiger partial charge < -0.3 is 9.72 Å². The number of fused-ring (bicyclic) bond motifs is 1. The maximum absolute atomic E-state index is 14.2. The Hall–Kier alpha value is -3.69. The first-order valence-electron chi connectivity index (χ1n) is 11.0. The van der Waals surface area contributed by atoms with Crippen molar-refractivity contribution < 1.29 is 17.9 Å². The lowest BCUT2D eigenvalue weighted by Crippen LogP contribution is -2.27. The smallest absolute Gasteiger partial charge is 0.262 e. The van der Waals surface area contributed by atoms with Crippen LogP contribution in [0.2, 0.25) is 0 Å². The van der Waals surface area contributed by atoms with Gasteiger partial charge in [-0.15, -0.1) is 0 Å². The molecular weight excluding hydrogens is 447 g/mol. The molecule has 0 atom stereocenters. The second-order valence-electron chi connectivity index (χ2n) is 8.46. The molecule has 0 saturated heterocycles. The Labute approximate surface area is 192 Å². The fourth-order valence-electron chi connectivity index (χ4n) is 4.51. The van der Waals surface area contributed by atoms with Crippen molar-refractivity contribution >= 4 is 11.0 Å². The molecule has 0 aliphatic heterocycles. The fraction of sp³-hybridized carbons (Fsp3) is 0.333. The topological polar surface area (TPSA) is 85.7 Å². The summed E-state index contributed by atoms with van der Waals surface area (Å²) in [5.41, 5.74) is 1.90. The third-order valence-electron chi connectivity index (χ3n) is 6.22. The Morgan fingerprint density at radius 3 is 2.76 bits per heavy atom. The number of aromatic amines is 1. The van der Waals surface area contributed by atoms with Crippen molar-refractivity contribution in [2.24, 2.45) is 0 Å². The molecular formula is C24H22F3N5O2. The molecule has 176 valence electrons. The molecule has 34 heavy (non-hydrogen) atoms. The van der Waals surface area contributed by atoms with Gasteiger partial charge in [-0.3, -0.25) is 4.79 Å². The minimum atomic E-state index is -2.67. The van der Waals surface area contributed by atoms with Gasteiger partial charge in [-0.2, -0.15) is 5.10 Å². The van der Waals surface area contributed by atoms with Crippen molar-refractivity contribution in [2.75, 3.05) is 7.11 Å². The van der Waals surface area contributed by atoms with Crippen molar-refractivity contribution in [3.05, 3.63) is 70.3 Å². The summed E-state index contributed by atoms with van der Waals surface area (Å²) in [5, 5.41) is 4.57. The van der Waals surface area contributed by atoms with E-state index in [1.54, 1.807) is 23.0 Å². The molecule has 1 fully saturated rings. The normalized spacial score (nSPS) is 16.1. The second kappa shape index (κ2) is 8.58. The van der Waals surface area contributed by atoms with Gasteiger partial charge in [-0.05, 0) is 48.2 Å². The third kappa shape index (κ3) is 4.15. The number of ether oxygens (including phenoxy) is 1. The lowest BCUT2D eigenvalue weighted by molar-refractivity contribution is -0.0446. The van der Waals surface area contributed by atoms with Crippen molar-refractivity contribution in [2.45, 2.75) is 44.1 Å². The SMILES string of the molecule is COc1ncccc1-c1ccc(F)cc1Cc1nc2c(cnn2C2CCC(F)(F)CC2)c(=O)[nH]1. The van der Waals surface area contributed by atoms with Gasteiger partial charge in [-0.25, -0.2) is 27.8 Å². The van der Waals surface area contributed by atoms with Gasteiger partial charge in [0.2, 0.25) is 11.8 Å². The number of pyridine rings is 1. The molecule has 1 aliphatic rings. The van der Waals surface area contributed by atoms with E-state index >= 15 is 0 Å². The number of hydrogen-bond acceptors (Lipinski definition) is 5. The molecule has 0 unspecified atom stereocenters. The number of hydrogen-bond donors (Lipinski definition) is 1. The van der Waals surface area contributed by atoms with Gasteiger partial charge in [0.1, 0.15) is 17.0 Å².